The van der Waals surface area contributed by atoms with Crippen LogP contribution < -0.4 is 9.13 Å². The highest BCUT2D eigenvalue weighted by molar-refractivity contribution is 6.11. The van der Waals surface area contributed by atoms with Gasteiger partial charge in [0.05, 0.1) is 56.2 Å². The fraction of sp³-hybridized carbons (Fsp3) is 0.333. The fourth-order valence-electron chi connectivity index (χ4n) is 9.71. The molecule has 0 N–H and O–H groups in total. The average molecular weight is 1090 g/mol. The lowest BCUT2D eigenvalue weighted by Crippen LogP contribution is -2.32. The first-order valence-corrected chi connectivity index (χ1v) is 30.7. The van der Waals surface area contributed by atoms with Crippen molar-refractivity contribution in [1.29, 1.82) is 0 Å². The Hall–Kier alpha value is -7.70. The van der Waals surface area contributed by atoms with Crippen LogP contribution in [-0.2, 0) is 21.1 Å². The van der Waals surface area contributed by atoms with E-state index >= 15 is 0 Å². The van der Waals surface area contributed by atoms with E-state index in [1.54, 1.807) is 0 Å². The molecule has 12 rings (SSSR count). The van der Waals surface area contributed by atoms with Crippen molar-refractivity contribution in [3.05, 3.63) is 211 Å². The van der Waals surface area contributed by atoms with Crippen LogP contribution in [0, 0.1) is 27.7 Å². The van der Waals surface area contributed by atoms with Gasteiger partial charge >= 0.3 is 5.95 Å². The van der Waals surface area contributed by atoms with Gasteiger partial charge in [0.25, 0.3) is 5.65 Å². The van der Waals surface area contributed by atoms with Gasteiger partial charge in [0.2, 0.25) is 0 Å². The van der Waals surface area contributed by atoms with Crippen LogP contribution in [0.1, 0.15) is 147 Å². The molecule has 6 heteroatoms. The van der Waals surface area contributed by atoms with Gasteiger partial charge in [-0.15, -0.1) is 0 Å². The number of hydrogen-bond acceptors (Lipinski definition) is 0. The molecule has 7 aromatic carbocycles. The fourth-order valence-corrected chi connectivity index (χ4v) is 9.71. The average Bonchev–Trinajstić information content (AvgIpc) is 4.30. The van der Waals surface area contributed by atoms with Crippen molar-refractivity contribution >= 4 is 65.5 Å². The van der Waals surface area contributed by atoms with Crippen molar-refractivity contribution in [2.75, 3.05) is 0 Å². The number of pyridine rings is 1. The van der Waals surface area contributed by atoms with E-state index in [4.69, 9.17) is 0 Å². The van der Waals surface area contributed by atoms with Crippen LogP contribution in [0.3, 0.4) is 0 Å². The molecule has 6 nitrogen and oxygen atoms in total. The minimum Gasteiger partial charge on any atom is -0.309 e. The minimum absolute atomic E-state index is 1.16. The number of fused-ring (bicyclic) bond motifs is 9. The summed E-state index contributed by atoms with van der Waals surface area (Å²) in [5, 5.41) is 7.85. The van der Waals surface area contributed by atoms with Crippen molar-refractivity contribution < 1.29 is 9.13 Å². The van der Waals surface area contributed by atoms with Crippen molar-refractivity contribution in [1.82, 2.24) is 18.3 Å². The van der Waals surface area contributed by atoms with E-state index in [1.807, 2.05) is 125 Å². The number of para-hydroxylation sites is 7. The summed E-state index contributed by atoms with van der Waals surface area (Å²) >= 11 is 0. The van der Waals surface area contributed by atoms with Gasteiger partial charge in [0.1, 0.15) is 22.2 Å². The smallest absolute Gasteiger partial charge is 0.309 e. The van der Waals surface area contributed by atoms with Crippen LogP contribution in [0.15, 0.2) is 188 Å². The first-order valence-electron chi connectivity index (χ1n) is 30.7. The topological polar surface area (TPSA) is 27.5 Å². The molecule has 12 aromatic rings. The lowest BCUT2D eigenvalue weighted by atomic mass is 10.1. The Morgan fingerprint density at radius 2 is 0.605 bits per heavy atom. The van der Waals surface area contributed by atoms with Gasteiger partial charge < -0.3 is 4.57 Å². The molecule has 5 aromatic heterocycles. The molecule has 434 valence electrons. The van der Waals surface area contributed by atoms with Gasteiger partial charge in [-0.2, -0.15) is 9.13 Å². The van der Waals surface area contributed by atoms with Crippen molar-refractivity contribution in [3.8, 4) is 17.3 Å². The second kappa shape index (κ2) is 38.0. The summed E-state index contributed by atoms with van der Waals surface area (Å²) in [7, 11) is 6.29. The summed E-state index contributed by atoms with van der Waals surface area (Å²) in [5.74, 6) is 1.16. The summed E-state index contributed by atoms with van der Waals surface area (Å²) in [6, 6.07) is 60.4. The lowest BCUT2D eigenvalue weighted by molar-refractivity contribution is -0.664. The van der Waals surface area contributed by atoms with E-state index in [1.165, 1.54) is 99.2 Å². The monoisotopic (exact) mass is 1090 g/mol. The Labute approximate surface area is 492 Å². The number of benzene rings is 7. The molecule has 5 heterocycles. The van der Waals surface area contributed by atoms with E-state index in [0.717, 1.165) is 5.95 Å². The zero-order valence-corrected chi connectivity index (χ0v) is 55.1. The zero-order valence-electron chi connectivity index (χ0n) is 55.1. The van der Waals surface area contributed by atoms with Gasteiger partial charge in [-0.25, -0.2) is 13.7 Å². The maximum atomic E-state index is 2.40. The van der Waals surface area contributed by atoms with E-state index in [2.05, 4.69) is 265 Å². The largest absolute Gasteiger partial charge is 0.369 e. The second-order valence-electron chi connectivity index (χ2n) is 16.7. The number of imidazole rings is 1. The van der Waals surface area contributed by atoms with E-state index in [0.29, 0.717) is 0 Å². The molecule has 0 atom stereocenters. The highest BCUT2D eigenvalue weighted by Gasteiger charge is 2.24. The molecule has 0 spiro atoms. The summed E-state index contributed by atoms with van der Waals surface area (Å²) in [4.78, 5) is 0. The Morgan fingerprint density at radius 1 is 0.284 bits per heavy atom. The van der Waals surface area contributed by atoms with E-state index < -0.39 is 0 Å². The molecule has 0 aliphatic rings. The number of nitrogens with zero attached hydrogens (tertiary/aromatic N) is 6. The Balaban J connectivity index is 0.000000532. The van der Waals surface area contributed by atoms with Crippen LogP contribution in [0.25, 0.3) is 82.9 Å². The minimum atomic E-state index is 1.16. The van der Waals surface area contributed by atoms with Crippen molar-refractivity contribution in [2.45, 2.75) is 152 Å². The molecule has 0 unspecified atom stereocenters. The van der Waals surface area contributed by atoms with Crippen LogP contribution in [0.4, 0.5) is 0 Å². The molecule has 0 saturated heterocycles. The third-order valence-corrected chi connectivity index (χ3v) is 12.6. The van der Waals surface area contributed by atoms with Crippen LogP contribution in [0.2, 0.25) is 0 Å². The molecule has 0 bridgehead atoms. The molecule has 0 saturated carbocycles. The quantitative estimate of drug-likeness (QED) is 0.158. The SMILES string of the molecule is CC.CC.CC.CC.CC.CC.CC.CC.CC.Cc1cccc2c3ccccc3n(-c3n(C)cc[n+]3C)c12.Cc1ccccc1-n1c2ccccc2c2ccc[n+](C)c21.Cc1ccccc1-n1c2ccccc2c2cccc(C)c21. The molecule has 0 aliphatic carbocycles. The Bertz CT molecular complexity index is 3490. The summed E-state index contributed by atoms with van der Waals surface area (Å²) in [5.41, 5.74) is 15.3. The third kappa shape index (κ3) is 15.8. The van der Waals surface area contributed by atoms with Crippen LogP contribution in [-0.4, -0.2) is 18.3 Å². The number of hydrogen-bond donors (Lipinski definition) is 0. The first kappa shape index (κ1) is 71.3. The number of rotatable bonds is 3. The van der Waals surface area contributed by atoms with Gasteiger partial charge in [0, 0.05) is 32.6 Å². The van der Waals surface area contributed by atoms with Crippen molar-refractivity contribution in [2.24, 2.45) is 21.1 Å². The zero-order chi connectivity index (χ0) is 61.4. The predicted octanol–water partition coefficient (Wildman–Crippen LogP) is 21.8. The molecule has 0 aliphatic heterocycles. The molecule has 81 heavy (non-hydrogen) atoms. The van der Waals surface area contributed by atoms with Gasteiger partial charge in [0.15, 0.2) is 0 Å². The van der Waals surface area contributed by atoms with Gasteiger partial charge in [-0.05, 0) is 98.5 Å². The maximum Gasteiger partial charge on any atom is 0.369 e. The first-order chi connectivity index (χ1) is 39.7. The third-order valence-electron chi connectivity index (χ3n) is 12.6. The normalized spacial score (nSPS) is 9.54. The van der Waals surface area contributed by atoms with Gasteiger partial charge in [-0.3, -0.25) is 0 Å². The predicted molar refractivity (Wildman–Crippen MR) is 365 cm³/mol. The Morgan fingerprint density at radius 3 is 1.02 bits per heavy atom. The lowest BCUT2D eigenvalue weighted by Gasteiger charge is -2.12. The van der Waals surface area contributed by atoms with Crippen LogP contribution >= 0.6 is 0 Å². The summed E-state index contributed by atoms with van der Waals surface area (Å²) in [6.45, 7) is 44.7. The van der Waals surface area contributed by atoms with Crippen molar-refractivity contribution in [3.63, 3.8) is 0 Å². The van der Waals surface area contributed by atoms with E-state index in [-0.39, 0.29) is 0 Å². The standard InChI is InChI=1S/C20H17N.C19H17N2.C18H18N3.9C2H6/c1-14-8-3-5-12-18(14)21-19-13-6-4-10-16(19)17-11-7-9-15(2)20(17)21;1-14-8-3-5-11-17(14)21-18-12-6-4-9-15(18)16-10-7-13-20(2)19(16)21;1-13-7-6-9-15-14-8-4-5-10-16(14)21(17(13)15)18-19(2)11-12-20(18)3;9*1-2/h2*3-13H,1-2H3;4-12H,1-3H3;9*1-2H3/q;2*+1;;;;;;;;;. The molecule has 0 radical (unpaired) electrons. The number of aromatic nitrogens is 6. The maximum absolute atomic E-state index is 2.40. The second-order valence-corrected chi connectivity index (χ2v) is 16.7. The van der Waals surface area contributed by atoms with Crippen LogP contribution in [0.5, 0.6) is 0 Å². The Kier molecular flexibility index (Phi) is 33.5. The molecular formula is C75H106N6+2. The molecule has 0 fully saturated rings. The number of aryl methyl sites for hydroxylation is 7. The van der Waals surface area contributed by atoms with E-state index in [9.17, 15) is 0 Å². The molecular weight excluding hydrogens is 985 g/mol. The highest BCUT2D eigenvalue weighted by Crippen LogP contribution is 2.36. The molecule has 0 amide bonds. The summed E-state index contributed by atoms with van der Waals surface area (Å²) in [6.07, 6.45) is 6.29. The van der Waals surface area contributed by atoms with Gasteiger partial charge in [-0.1, -0.05) is 246 Å². The highest BCUT2D eigenvalue weighted by atomic mass is 15.3. The summed E-state index contributed by atoms with van der Waals surface area (Å²) < 4.78 is 13.6.